The molecule has 0 aromatic carbocycles. The van der Waals surface area contributed by atoms with Crippen LogP contribution in [-0.4, -0.2) is 59.8 Å². The van der Waals surface area contributed by atoms with Crippen molar-refractivity contribution in [3.05, 3.63) is 147 Å². The predicted molar refractivity (Wildman–Crippen MR) is 206 cm³/mol. The third-order valence-electron chi connectivity index (χ3n) is 6.72. The van der Waals surface area contributed by atoms with E-state index in [9.17, 15) is 50.4 Å². The molecule has 0 bridgehead atoms. The Kier molecular flexibility index (Phi) is 14.2. The Morgan fingerprint density at radius 1 is 0.270 bits per heavy atom. The molecule has 0 aliphatic carbocycles. The van der Waals surface area contributed by atoms with Crippen molar-refractivity contribution in [3.63, 3.8) is 0 Å². The van der Waals surface area contributed by atoms with Crippen LogP contribution in [0.15, 0.2) is 147 Å². The standard InChI is InChI=1S/2C18H12N6.2F6P.Ru/c2*1-3-9-20-14(5-1)17-22-16(13-7-11-19-12-8-13)23-18(24-17)15-6-2-4-10-21-15;2*1-7(2,3,4,5)6;/h2*1-12H;;;/q;;2*-1;+2. The van der Waals surface area contributed by atoms with Gasteiger partial charge >= 0.3 is 85.5 Å². The molecule has 0 fully saturated rings. The van der Waals surface area contributed by atoms with Gasteiger partial charge in [-0.15, -0.1) is 0 Å². The van der Waals surface area contributed by atoms with Gasteiger partial charge in [-0.1, -0.05) is 24.3 Å². The van der Waals surface area contributed by atoms with Crippen molar-refractivity contribution in [2.75, 3.05) is 0 Å². The van der Waals surface area contributed by atoms with Crippen molar-refractivity contribution in [2.24, 2.45) is 0 Å². The number of hydrogen-bond acceptors (Lipinski definition) is 12. The van der Waals surface area contributed by atoms with Gasteiger partial charge in [-0.05, 0) is 72.8 Å². The molecule has 27 heteroatoms. The molecule has 8 aromatic heterocycles. The summed E-state index contributed by atoms with van der Waals surface area (Å²) in [5, 5.41) is 0. The Morgan fingerprint density at radius 2 is 0.476 bits per heavy atom. The van der Waals surface area contributed by atoms with E-state index in [0.29, 0.717) is 57.7 Å². The summed E-state index contributed by atoms with van der Waals surface area (Å²) in [5.41, 5.74) is 4.48. The molecule has 0 aliphatic heterocycles. The maximum atomic E-state index is 9.87. The number of nitrogens with zero attached hydrogens (tertiary/aromatic N) is 12. The second-order valence-corrected chi connectivity index (χ2v) is 15.7. The Bertz CT molecular complexity index is 2220. The molecule has 0 radical (unpaired) electrons. The molecule has 8 rings (SSSR count). The van der Waals surface area contributed by atoms with Gasteiger partial charge < -0.3 is 0 Å². The molecule has 0 saturated heterocycles. The fourth-order valence-electron chi connectivity index (χ4n) is 4.45. The number of hydrogen-bond donors (Lipinski definition) is 0. The first-order valence-electron chi connectivity index (χ1n) is 16.8. The summed E-state index contributed by atoms with van der Waals surface area (Å²) < 4.78 is 118. The van der Waals surface area contributed by atoms with Gasteiger partial charge in [0, 0.05) is 60.7 Å². The molecule has 0 unspecified atom stereocenters. The van der Waals surface area contributed by atoms with E-state index < -0.39 is 15.6 Å². The minimum absolute atomic E-state index is 0. The van der Waals surface area contributed by atoms with Crippen LogP contribution in [0.5, 0.6) is 0 Å². The van der Waals surface area contributed by atoms with Crippen molar-refractivity contribution < 1.29 is 69.8 Å². The fourth-order valence-corrected chi connectivity index (χ4v) is 4.45. The fraction of sp³-hybridized carbons (Fsp3) is 0. The van der Waals surface area contributed by atoms with Gasteiger partial charge in [0.15, 0.2) is 34.9 Å². The van der Waals surface area contributed by atoms with Gasteiger partial charge in [0.05, 0.1) is 0 Å². The quantitative estimate of drug-likeness (QED) is 0.0884. The first kappa shape index (κ1) is 49.2. The predicted octanol–water partition coefficient (Wildman–Crippen LogP) is 12.9. The minimum Gasteiger partial charge on any atom is -0.265 e. The van der Waals surface area contributed by atoms with Crippen LogP contribution in [-0.2, 0) is 19.5 Å². The Hall–Kier alpha value is -6.44. The van der Waals surface area contributed by atoms with Crippen molar-refractivity contribution in [1.82, 2.24) is 59.8 Å². The van der Waals surface area contributed by atoms with Gasteiger partial charge in [-0.25, -0.2) is 29.9 Å². The zero-order chi connectivity index (χ0) is 45.2. The van der Waals surface area contributed by atoms with Crippen LogP contribution in [0.1, 0.15) is 0 Å². The van der Waals surface area contributed by atoms with E-state index in [1.165, 1.54) is 0 Å². The first-order chi connectivity index (χ1) is 28.7. The third-order valence-corrected chi connectivity index (χ3v) is 6.72. The van der Waals surface area contributed by atoms with Gasteiger partial charge in [-0.2, -0.15) is 0 Å². The van der Waals surface area contributed by atoms with Crippen molar-refractivity contribution in [1.29, 1.82) is 0 Å². The van der Waals surface area contributed by atoms with E-state index in [1.54, 1.807) is 49.6 Å². The Labute approximate surface area is 359 Å². The van der Waals surface area contributed by atoms with Crippen LogP contribution in [0.2, 0.25) is 0 Å². The van der Waals surface area contributed by atoms with Gasteiger partial charge in [0.25, 0.3) is 0 Å². The summed E-state index contributed by atoms with van der Waals surface area (Å²) in [6.45, 7) is 0. The summed E-state index contributed by atoms with van der Waals surface area (Å²) in [6.07, 6.45) is 13.7. The molecule has 8 heterocycles. The number of pyridine rings is 6. The zero-order valence-electron chi connectivity index (χ0n) is 31.0. The van der Waals surface area contributed by atoms with Gasteiger partial charge in [0.1, 0.15) is 22.8 Å². The van der Waals surface area contributed by atoms with Gasteiger partial charge in [-0.3, -0.25) is 29.9 Å². The summed E-state index contributed by atoms with van der Waals surface area (Å²) in [5.74, 6) is 3.18. The van der Waals surface area contributed by atoms with Crippen molar-refractivity contribution in [3.8, 4) is 68.8 Å². The van der Waals surface area contributed by atoms with Crippen LogP contribution >= 0.6 is 15.6 Å². The van der Waals surface area contributed by atoms with Crippen LogP contribution < -0.4 is 0 Å². The normalized spacial score (nSPS) is 13.1. The van der Waals surface area contributed by atoms with Crippen LogP contribution in [0.25, 0.3) is 68.8 Å². The second kappa shape index (κ2) is 18.1. The SMILES string of the molecule is F[P-](F)(F)(F)(F)F.F[P-](F)(F)(F)(F)F.[Ru+2].c1ccc(-c2nc(-c3ccncc3)nc(-c3ccccn3)n2)nc1.c1ccc(-c2nc(-c3ccncc3)nc(-c3ccccn3)n2)nc1. The van der Waals surface area contributed by atoms with E-state index in [1.807, 2.05) is 97.1 Å². The smallest absolute Gasteiger partial charge is 0.265 e. The average Bonchev–Trinajstić information content (AvgIpc) is 3.23. The van der Waals surface area contributed by atoms with E-state index in [4.69, 9.17) is 0 Å². The van der Waals surface area contributed by atoms with Gasteiger partial charge in [0.2, 0.25) is 0 Å². The van der Waals surface area contributed by atoms with E-state index in [-0.39, 0.29) is 19.5 Å². The maximum absolute atomic E-state index is 10.7. The molecule has 63 heavy (non-hydrogen) atoms. The van der Waals surface area contributed by atoms with Crippen LogP contribution in [0.4, 0.5) is 50.4 Å². The van der Waals surface area contributed by atoms with Crippen molar-refractivity contribution in [2.45, 2.75) is 0 Å². The minimum atomic E-state index is -10.7. The summed E-state index contributed by atoms with van der Waals surface area (Å²) in [6, 6.07) is 29.9. The third kappa shape index (κ3) is 19.9. The Balaban J connectivity index is 0.000000211. The molecule has 0 atom stereocenters. The summed E-state index contributed by atoms with van der Waals surface area (Å²) in [4.78, 5) is 52.7. The molecule has 0 N–H and O–H groups in total. The number of rotatable bonds is 6. The molecular weight excluding hydrogens is 991 g/mol. The molecule has 0 amide bonds. The molecule has 330 valence electrons. The summed E-state index contributed by atoms with van der Waals surface area (Å²) >= 11 is 0. The van der Waals surface area contributed by atoms with E-state index in [2.05, 4.69) is 59.8 Å². The largest absolute Gasteiger partial charge is 2.00 e. The van der Waals surface area contributed by atoms with Crippen LogP contribution in [0, 0.1) is 0 Å². The molecule has 0 aliphatic rings. The van der Waals surface area contributed by atoms with E-state index >= 15 is 0 Å². The molecule has 0 spiro atoms. The maximum Gasteiger partial charge on any atom is 2.00 e. The molecular formula is C36H24F12N12P2Ru. The van der Waals surface area contributed by atoms with Crippen LogP contribution in [0.3, 0.4) is 0 Å². The molecule has 12 nitrogen and oxygen atoms in total. The summed E-state index contributed by atoms with van der Waals surface area (Å²) in [7, 11) is -21.3. The second-order valence-electron chi connectivity index (χ2n) is 11.9. The monoisotopic (exact) mass is 1020 g/mol. The average molecular weight is 1020 g/mol. The Morgan fingerprint density at radius 3 is 0.667 bits per heavy atom. The molecule has 0 saturated carbocycles. The zero-order valence-corrected chi connectivity index (χ0v) is 34.5. The number of aromatic nitrogens is 12. The number of halogens is 12. The topological polar surface area (TPSA) is 155 Å². The van der Waals surface area contributed by atoms with Crippen molar-refractivity contribution >= 4 is 15.6 Å². The first-order valence-corrected chi connectivity index (χ1v) is 20.9. The molecule has 8 aromatic rings. The van der Waals surface area contributed by atoms with E-state index in [0.717, 1.165) is 11.1 Å².